The molecule has 0 atom stereocenters. The normalized spacial score (nSPS) is 11.8. The second-order valence-corrected chi connectivity index (χ2v) is 4.13. The third-order valence-electron chi connectivity index (χ3n) is 2.17. The van der Waals surface area contributed by atoms with Crippen molar-refractivity contribution in [3.63, 3.8) is 0 Å². The van der Waals surface area contributed by atoms with E-state index in [1.807, 2.05) is 18.2 Å². The molecule has 1 aromatic rings. The van der Waals surface area contributed by atoms with Crippen LogP contribution in [0, 0.1) is 5.92 Å². The maximum Gasteiger partial charge on any atom is 0.188 e. The molecule has 1 aromatic heterocycles. The highest BCUT2D eigenvalue weighted by atomic mass is 15.1. The van der Waals surface area contributed by atoms with Crippen LogP contribution >= 0.6 is 0 Å². The average Bonchev–Trinajstić information content (AvgIpc) is 2.27. The Bertz CT molecular complexity index is 319. The zero-order chi connectivity index (χ0) is 11.8. The molecule has 3 N–H and O–H groups in total. The van der Waals surface area contributed by atoms with Crippen LogP contribution in [0.3, 0.4) is 0 Å². The first-order valence-electron chi connectivity index (χ1n) is 5.62. The number of nitrogens with two attached hydrogens (primary N) is 1. The van der Waals surface area contributed by atoms with Gasteiger partial charge in [0.15, 0.2) is 5.96 Å². The van der Waals surface area contributed by atoms with Gasteiger partial charge in [-0.15, -0.1) is 0 Å². The summed E-state index contributed by atoms with van der Waals surface area (Å²) in [6.07, 6.45) is 2.85. The second kappa shape index (κ2) is 6.82. The molecular weight excluding hydrogens is 200 g/mol. The lowest BCUT2D eigenvalue weighted by molar-refractivity contribution is 0.576. The number of nitrogens with one attached hydrogen (secondary N) is 1. The molecule has 0 aliphatic heterocycles. The number of guanidine groups is 1. The van der Waals surface area contributed by atoms with E-state index < -0.39 is 0 Å². The lowest BCUT2D eigenvalue weighted by atomic mass is 10.1. The maximum atomic E-state index is 5.72. The predicted molar refractivity (Wildman–Crippen MR) is 67.0 cm³/mol. The van der Waals surface area contributed by atoms with Crippen LogP contribution in [0.1, 0.15) is 26.0 Å². The third-order valence-corrected chi connectivity index (χ3v) is 2.17. The summed E-state index contributed by atoms with van der Waals surface area (Å²) in [5, 5.41) is 3.08. The van der Waals surface area contributed by atoms with Crippen molar-refractivity contribution in [1.82, 2.24) is 10.3 Å². The molecule has 0 aliphatic rings. The van der Waals surface area contributed by atoms with Crippen LogP contribution in [0.2, 0.25) is 0 Å². The van der Waals surface area contributed by atoms with Crippen molar-refractivity contribution in [2.75, 3.05) is 6.54 Å². The number of aliphatic imine (C=N–C) groups is 1. The van der Waals surface area contributed by atoms with Crippen LogP contribution in [-0.2, 0) is 6.54 Å². The van der Waals surface area contributed by atoms with Crippen LogP contribution in [0.4, 0.5) is 0 Å². The number of hydrogen-bond acceptors (Lipinski definition) is 2. The van der Waals surface area contributed by atoms with Crippen LogP contribution in [0.25, 0.3) is 0 Å². The molecule has 4 heteroatoms. The van der Waals surface area contributed by atoms with Crippen LogP contribution in [0.15, 0.2) is 29.4 Å². The van der Waals surface area contributed by atoms with Gasteiger partial charge in [0.1, 0.15) is 0 Å². The monoisotopic (exact) mass is 220 g/mol. The van der Waals surface area contributed by atoms with Crippen molar-refractivity contribution in [3.05, 3.63) is 30.1 Å². The predicted octanol–water partition coefficient (Wildman–Crippen LogP) is 1.53. The van der Waals surface area contributed by atoms with Crippen molar-refractivity contribution in [2.45, 2.75) is 26.8 Å². The van der Waals surface area contributed by atoms with E-state index >= 15 is 0 Å². The minimum absolute atomic E-state index is 0.492. The molecule has 0 saturated carbocycles. The van der Waals surface area contributed by atoms with Gasteiger partial charge in [-0.3, -0.25) is 4.98 Å². The van der Waals surface area contributed by atoms with E-state index in [1.54, 1.807) is 6.20 Å². The molecule has 0 amide bonds. The lowest BCUT2D eigenvalue weighted by Crippen LogP contribution is -2.32. The van der Waals surface area contributed by atoms with E-state index in [2.05, 4.69) is 29.1 Å². The molecule has 0 aliphatic carbocycles. The smallest absolute Gasteiger partial charge is 0.188 e. The van der Waals surface area contributed by atoms with Gasteiger partial charge in [-0.25, -0.2) is 4.99 Å². The standard InChI is InChI=1S/C12H20N4/c1-10(2)6-8-15-12(13)16-9-11-5-3-4-7-14-11/h3-5,7,10H,6,8-9H2,1-2H3,(H3,13,15,16). The second-order valence-electron chi connectivity index (χ2n) is 4.13. The van der Waals surface area contributed by atoms with Gasteiger partial charge in [0.2, 0.25) is 0 Å². The van der Waals surface area contributed by atoms with E-state index in [-0.39, 0.29) is 0 Å². The van der Waals surface area contributed by atoms with Crippen LogP contribution in [0.5, 0.6) is 0 Å². The van der Waals surface area contributed by atoms with E-state index in [0.29, 0.717) is 18.4 Å². The Morgan fingerprint density at radius 1 is 1.50 bits per heavy atom. The SMILES string of the molecule is CC(C)CCNC(N)=NCc1ccccn1. The summed E-state index contributed by atoms with van der Waals surface area (Å²) in [5.41, 5.74) is 6.65. The van der Waals surface area contributed by atoms with E-state index in [9.17, 15) is 0 Å². The Hall–Kier alpha value is -1.58. The third kappa shape index (κ3) is 5.34. The molecular formula is C12H20N4. The molecule has 0 unspecified atom stereocenters. The molecule has 0 fully saturated rings. The maximum absolute atomic E-state index is 5.72. The summed E-state index contributed by atoms with van der Waals surface area (Å²) in [7, 11) is 0. The summed E-state index contributed by atoms with van der Waals surface area (Å²) in [6, 6.07) is 5.77. The number of aromatic nitrogens is 1. The highest BCUT2D eigenvalue weighted by Gasteiger charge is 1.95. The van der Waals surface area contributed by atoms with Gasteiger partial charge in [0.05, 0.1) is 12.2 Å². The summed E-state index contributed by atoms with van der Waals surface area (Å²) < 4.78 is 0. The number of pyridine rings is 1. The first kappa shape index (κ1) is 12.5. The summed E-state index contributed by atoms with van der Waals surface area (Å²) >= 11 is 0. The fourth-order valence-corrected chi connectivity index (χ4v) is 1.20. The van der Waals surface area contributed by atoms with Gasteiger partial charge >= 0.3 is 0 Å². The zero-order valence-electron chi connectivity index (χ0n) is 9.98. The number of rotatable bonds is 5. The molecule has 0 saturated heterocycles. The van der Waals surface area contributed by atoms with Crippen LogP contribution < -0.4 is 11.1 Å². The molecule has 1 heterocycles. The average molecular weight is 220 g/mol. The lowest BCUT2D eigenvalue weighted by Gasteiger charge is -2.07. The Labute approximate surface area is 97.0 Å². The first-order valence-corrected chi connectivity index (χ1v) is 5.62. The fourth-order valence-electron chi connectivity index (χ4n) is 1.20. The molecule has 1 rings (SSSR count). The Morgan fingerprint density at radius 2 is 2.31 bits per heavy atom. The fraction of sp³-hybridized carbons (Fsp3) is 0.500. The quantitative estimate of drug-likeness (QED) is 0.584. The zero-order valence-corrected chi connectivity index (χ0v) is 9.98. The van der Waals surface area contributed by atoms with Gasteiger partial charge in [0, 0.05) is 12.7 Å². The van der Waals surface area contributed by atoms with Crippen molar-refractivity contribution in [1.29, 1.82) is 0 Å². The highest BCUT2D eigenvalue weighted by molar-refractivity contribution is 5.77. The van der Waals surface area contributed by atoms with Gasteiger partial charge in [-0.05, 0) is 24.5 Å². The van der Waals surface area contributed by atoms with Gasteiger partial charge < -0.3 is 11.1 Å². The Kier molecular flexibility index (Phi) is 5.32. The number of hydrogen-bond donors (Lipinski definition) is 2. The highest BCUT2D eigenvalue weighted by Crippen LogP contribution is 1.97. The van der Waals surface area contributed by atoms with Crippen LogP contribution in [-0.4, -0.2) is 17.5 Å². The topological polar surface area (TPSA) is 63.3 Å². The Balaban J connectivity index is 2.29. The molecule has 0 spiro atoms. The molecule has 4 nitrogen and oxygen atoms in total. The molecule has 0 radical (unpaired) electrons. The van der Waals surface area contributed by atoms with Crippen molar-refractivity contribution in [2.24, 2.45) is 16.6 Å². The van der Waals surface area contributed by atoms with Gasteiger partial charge in [0.25, 0.3) is 0 Å². The largest absolute Gasteiger partial charge is 0.370 e. The van der Waals surface area contributed by atoms with Gasteiger partial charge in [-0.2, -0.15) is 0 Å². The minimum atomic E-state index is 0.492. The molecule has 88 valence electrons. The van der Waals surface area contributed by atoms with E-state index in [0.717, 1.165) is 18.7 Å². The first-order chi connectivity index (χ1) is 7.68. The van der Waals surface area contributed by atoms with Crippen molar-refractivity contribution < 1.29 is 0 Å². The molecule has 16 heavy (non-hydrogen) atoms. The van der Waals surface area contributed by atoms with Crippen molar-refractivity contribution >= 4 is 5.96 Å². The number of nitrogens with zero attached hydrogens (tertiary/aromatic N) is 2. The Morgan fingerprint density at radius 3 is 2.94 bits per heavy atom. The molecule has 0 bridgehead atoms. The molecule has 0 aromatic carbocycles. The summed E-state index contributed by atoms with van der Waals surface area (Å²) in [6.45, 7) is 5.77. The van der Waals surface area contributed by atoms with E-state index in [4.69, 9.17) is 5.73 Å². The minimum Gasteiger partial charge on any atom is -0.370 e. The van der Waals surface area contributed by atoms with Crippen molar-refractivity contribution in [3.8, 4) is 0 Å². The summed E-state index contributed by atoms with van der Waals surface area (Å²) in [4.78, 5) is 8.38. The van der Waals surface area contributed by atoms with Gasteiger partial charge in [-0.1, -0.05) is 19.9 Å². The summed E-state index contributed by atoms with van der Waals surface area (Å²) in [5.74, 6) is 1.17. The van der Waals surface area contributed by atoms with E-state index in [1.165, 1.54) is 0 Å².